The molecular weight excluding hydrogens is 326 g/mol. The van der Waals surface area contributed by atoms with Crippen LogP contribution in [-0.2, 0) is 11.3 Å². The Labute approximate surface area is 155 Å². The van der Waals surface area contributed by atoms with Gasteiger partial charge in [0.2, 0.25) is 0 Å². The van der Waals surface area contributed by atoms with E-state index in [1.807, 2.05) is 60.4 Å². The summed E-state index contributed by atoms with van der Waals surface area (Å²) in [6.07, 6.45) is 4.73. The van der Waals surface area contributed by atoms with E-state index in [1.165, 1.54) is 0 Å². The molecule has 0 unspecified atom stereocenters. The fourth-order valence-electron chi connectivity index (χ4n) is 3.54. The van der Waals surface area contributed by atoms with Crippen molar-refractivity contribution in [1.29, 1.82) is 0 Å². The number of rotatable bonds is 4. The van der Waals surface area contributed by atoms with Gasteiger partial charge in [-0.25, -0.2) is 9.78 Å². The van der Waals surface area contributed by atoms with Crippen LogP contribution in [0.4, 0.5) is 10.6 Å². The topological polar surface area (TPSA) is 45.7 Å². The molecule has 1 aliphatic rings. The molecule has 2 heterocycles. The zero-order valence-electron chi connectivity index (χ0n) is 15.8. The number of aromatic nitrogens is 1. The van der Waals surface area contributed by atoms with Crippen LogP contribution in [-0.4, -0.2) is 36.6 Å². The first-order valence-electron chi connectivity index (χ1n) is 9.17. The van der Waals surface area contributed by atoms with Crippen LogP contribution < -0.4 is 4.90 Å². The second-order valence-corrected chi connectivity index (χ2v) is 7.05. The molecule has 5 nitrogen and oxygen atoms in total. The number of carbonyl (C=O) groups excluding carboxylic acids is 1. The third-order valence-electron chi connectivity index (χ3n) is 4.82. The quantitative estimate of drug-likeness (QED) is 0.821. The number of pyridine rings is 1. The van der Waals surface area contributed by atoms with Crippen LogP contribution in [0.25, 0.3) is 0 Å². The number of amides is 1. The minimum Gasteiger partial charge on any atom is -0.445 e. The average Bonchev–Trinajstić information content (AvgIpc) is 2.66. The predicted octanol–water partition coefficient (Wildman–Crippen LogP) is 4.32. The van der Waals surface area contributed by atoms with Crippen LogP contribution in [0.15, 0.2) is 42.6 Å². The van der Waals surface area contributed by atoms with Crippen LogP contribution in [0.2, 0.25) is 0 Å². The van der Waals surface area contributed by atoms with Crippen molar-refractivity contribution in [2.45, 2.75) is 38.8 Å². The van der Waals surface area contributed by atoms with Gasteiger partial charge in [-0.3, -0.25) is 0 Å². The van der Waals surface area contributed by atoms with Gasteiger partial charge < -0.3 is 14.5 Å². The Hall–Kier alpha value is -2.56. The van der Waals surface area contributed by atoms with Gasteiger partial charge in [-0.05, 0) is 48.9 Å². The third-order valence-corrected chi connectivity index (χ3v) is 4.82. The monoisotopic (exact) mass is 353 g/mol. The summed E-state index contributed by atoms with van der Waals surface area (Å²) in [6.45, 7) is 3.10. The largest absolute Gasteiger partial charge is 0.445 e. The molecule has 0 spiro atoms. The van der Waals surface area contributed by atoms with Gasteiger partial charge in [0.1, 0.15) is 12.4 Å². The summed E-state index contributed by atoms with van der Waals surface area (Å²) in [4.78, 5) is 21.1. The lowest BCUT2D eigenvalue weighted by atomic mass is 9.96. The number of likely N-dealkylation sites (tertiary alicyclic amines) is 1. The first-order valence-corrected chi connectivity index (χ1v) is 9.17. The molecule has 138 valence electrons. The Morgan fingerprint density at radius 3 is 2.73 bits per heavy atom. The minimum atomic E-state index is -0.243. The number of benzene rings is 1. The molecule has 0 aliphatic carbocycles. The predicted molar refractivity (Wildman–Crippen MR) is 103 cm³/mol. The maximum atomic E-state index is 12.7. The summed E-state index contributed by atoms with van der Waals surface area (Å²) in [6, 6.07) is 12.0. The standard InChI is InChI=1S/C21H27N3O2/c1-16-13-18(14-22-20(16)23(2)3)19-11-7-8-12-24(19)21(25)26-15-17-9-5-4-6-10-17/h4-6,9-10,13-14,19H,7-8,11-12,15H2,1-3H3/t19-/m1/s1. The van der Waals surface area contributed by atoms with Crippen molar-refractivity contribution < 1.29 is 9.53 Å². The van der Waals surface area contributed by atoms with E-state index in [0.29, 0.717) is 6.61 Å². The highest BCUT2D eigenvalue weighted by Gasteiger charge is 2.29. The van der Waals surface area contributed by atoms with E-state index in [-0.39, 0.29) is 12.1 Å². The van der Waals surface area contributed by atoms with E-state index in [1.54, 1.807) is 0 Å². The van der Waals surface area contributed by atoms with Crippen molar-refractivity contribution in [1.82, 2.24) is 9.88 Å². The molecule has 1 atom stereocenters. The first-order chi connectivity index (χ1) is 12.6. The van der Waals surface area contributed by atoms with Gasteiger partial charge in [-0.15, -0.1) is 0 Å². The SMILES string of the molecule is Cc1cc([C@H]2CCCCN2C(=O)OCc2ccccc2)cnc1N(C)C. The van der Waals surface area contributed by atoms with Gasteiger partial charge in [0.25, 0.3) is 0 Å². The molecule has 1 amide bonds. The Balaban J connectivity index is 1.73. The van der Waals surface area contributed by atoms with Gasteiger partial charge in [-0.1, -0.05) is 30.3 Å². The first kappa shape index (κ1) is 18.2. The fourth-order valence-corrected chi connectivity index (χ4v) is 3.54. The molecule has 1 fully saturated rings. The summed E-state index contributed by atoms with van der Waals surface area (Å²) >= 11 is 0. The van der Waals surface area contributed by atoms with E-state index in [2.05, 4.69) is 18.0 Å². The number of hydrogen-bond donors (Lipinski definition) is 0. The molecule has 0 saturated carbocycles. The Morgan fingerprint density at radius 1 is 1.27 bits per heavy atom. The van der Waals surface area contributed by atoms with Crippen molar-refractivity contribution in [2.75, 3.05) is 25.5 Å². The van der Waals surface area contributed by atoms with E-state index in [9.17, 15) is 4.79 Å². The average molecular weight is 353 g/mol. The summed E-state index contributed by atoms with van der Waals surface area (Å²) < 4.78 is 5.57. The highest BCUT2D eigenvalue weighted by molar-refractivity contribution is 5.68. The second-order valence-electron chi connectivity index (χ2n) is 7.05. The summed E-state index contributed by atoms with van der Waals surface area (Å²) in [5, 5.41) is 0. The van der Waals surface area contributed by atoms with E-state index in [0.717, 1.165) is 48.3 Å². The fraction of sp³-hybridized carbons (Fsp3) is 0.429. The molecule has 0 bridgehead atoms. The van der Waals surface area contributed by atoms with Gasteiger partial charge in [0.15, 0.2) is 0 Å². The highest BCUT2D eigenvalue weighted by atomic mass is 16.6. The summed E-state index contributed by atoms with van der Waals surface area (Å²) in [7, 11) is 3.98. The van der Waals surface area contributed by atoms with E-state index < -0.39 is 0 Å². The molecular formula is C21H27N3O2. The summed E-state index contributed by atoms with van der Waals surface area (Å²) in [5.74, 6) is 0.961. The molecule has 1 aromatic heterocycles. The lowest BCUT2D eigenvalue weighted by Gasteiger charge is -2.35. The second kappa shape index (κ2) is 8.21. The molecule has 0 N–H and O–H groups in total. The Bertz CT molecular complexity index is 746. The highest BCUT2D eigenvalue weighted by Crippen LogP contribution is 2.32. The number of carbonyl (C=O) groups is 1. The van der Waals surface area contributed by atoms with Crippen LogP contribution in [0.3, 0.4) is 0 Å². The molecule has 2 aromatic rings. The maximum Gasteiger partial charge on any atom is 0.410 e. The normalized spacial score (nSPS) is 17.0. The zero-order valence-corrected chi connectivity index (χ0v) is 15.8. The van der Waals surface area contributed by atoms with Gasteiger partial charge >= 0.3 is 6.09 Å². The summed E-state index contributed by atoms with van der Waals surface area (Å²) in [5.41, 5.74) is 3.21. The smallest absolute Gasteiger partial charge is 0.410 e. The number of aryl methyl sites for hydroxylation is 1. The third kappa shape index (κ3) is 4.15. The van der Waals surface area contributed by atoms with Crippen molar-refractivity contribution in [2.24, 2.45) is 0 Å². The number of piperidine rings is 1. The lowest BCUT2D eigenvalue weighted by Crippen LogP contribution is -2.39. The maximum absolute atomic E-state index is 12.7. The minimum absolute atomic E-state index is 0.0365. The lowest BCUT2D eigenvalue weighted by molar-refractivity contribution is 0.0678. The van der Waals surface area contributed by atoms with E-state index >= 15 is 0 Å². The Kier molecular flexibility index (Phi) is 5.76. The van der Waals surface area contributed by atoms with Crippen molar-refractivity contribution in [3.8, 4) is 0 Å². The molecule has 1 aliphatic heterocycles. The van der Waals surface area contributed by atoms with Crippen LogP contribution >= 0.6 is 0 Å². The van der Waals surface area contributed by atoms with Crippen LogP contribution in [0.1, 0.15) is 42.0 Å². The number of ether oxygens (including phenoxy) is 1. The molecule has 3 rings (SSSR count). The number of anilines is 1. The van der Waals surface area contributed by atoms with Crippen LogP contribution in [0, 0.1) is 6.92 Å². The molecule has 26 heavy (non-hydrogen) atoms. The van der Waals surface area contributed by atoms with Crippen molar-refractivity contribution in [3.63, 3.8) is 0 Å². The van der Waals surface area contributed by atoms with E-state index in [4.69, 9.17) is 4.74 Å². The Morgan fingerprint density at radius 2 is 2.04 bits per heavy atom. The number of nitrogens with zero attached hydrogens (tertiary/aromatic N) is 3. The van der Waals surface area contributed by atoms with Crippen molar-refractivity contribution >= 4 is 11.9 Å². The number of hydrogen-bond acceptors (Lipinski definition) is 4. The van der Waals surface area contributed by atoms with Crippen LogP contribution in [0.5, 0.6) is 0 Å². The molecule has 0 radical (unpaired) electrons. The van der Waals surface area contributed by atoms with Gasteiger partial charge in [0, 0.05) is 26.8 Å². The van der Waals surface area contributed by atoms with Gasteiger partial charge in [-0.2, -0.15) is 0 Å². The van der Waals surface area contributed by atoms with Crippen molar-refractivity contribution in [3.05, 3.63) is 59.3 Å². The molecule has 5 heteroatoms. The van der Waals surface area contributed by atoms with Gasteiger partial charge in [0.05, 0.1) is 6.04 Å². The molecule has 1 aromatic carbocycles. The zero-order chi connectivity index (χ0) is 18.5. The molecule has 1 saturated heterocycles.